The van der Waals surface area contributed by atoms with Crippen LogP contribution in [0, 0.1) is 0 Å². The lowest BCUT2D eigenvalue weighted by Crippen LogP contribution is -2.11. The Balaban J connectivity index is 2.20. The fourth-order valence-electron chi connectivity index (χ4n) is 1.93. The van der Waals surface area contributed by atoms with Crippen LogP contribution in [0.3, 0.4) is 0 Å². The number of nitrogens with one attached hydrogen (secondary N) is 1. The molecule has 1 heterocycles. The van der Waals surface area contributed by atoms with Crippen molar-refractivity contribution in [2.45, 2.75) is 32.2 Å². The van der Waals surface area contributed by atoms with Crippen molar-refractivity contribution in [3.8, 4) is 11.3 Å². The number of halogens is 2. The highest BCUT2D eigenvalue weighted by Crippen LogP contribution is 2.29. The minimum absolute atomic E-state index is 0.0558. The largest absolute Gasteiger partial charge is 0.341 e. The Labute approximate surface area is 123 Å². The van der Waals surface area contributed by atoms with Crippen LogP contribution in [0.25, 0.3) is 11.3 Å². The van der Waals surface area contributed by atoms with Crippen LogP contribution < -0.4 is 5.73 Å². The van der Waals surface area contributed by atoms with E-state index in [9.17, 15) is 0 Å². The van der Waals surface area contributed by atoms with Crippen LogP contribution in [0.15, 0.2) is 24.4 Å². The van der Waals surface area contributed by atoms with Crippen molar-refractivity contribution in [1.29, 1.82) is 0 Å². The Morgan fingerprint density at radius 3 is 2.84 bits per heavy atom. The fraction of sp³-hybridized carbons (Fsp3) is 0.357. The normalized spacial score (nSPS) is 12.6. The van der Waals surface area contributed by atoms with Gasteiger partial charge < -0.3 is 10.7 Å². The summed E-state index contributed by atoms with van der Waals surface area (Å²) < 4.78 is 0. The number of aromatic amines is 1. The van der Waals surface area contributed by atoms with Crippen LogP contribution in [0.5, 0.6) is 0 Å². The molecule has 102 valence electrons. The maximum Gasteiger partial charge on any atom is 0.123 e. The maximum atomic E-state index is 6.17. The summed E-state index contributed by atoms with van der Waals surface area (Å²) in [4.78, 5) is 7.57. The van der Waals surface area contributed by atoms with Gasteiger partial charge in [-0.25, -0.2) is 4.98 Å². The van der Waals surface area contributed by atoms with Gasteiger partial charge in [0.1, 0.15) is 5.82 Å². The summed E-state index contributed by atoms with van der Waals surface area (Å²) in [5, 5.41) is 1.22. The quantitative estimate of drug-likeness (QED) is 0.849. The molecule has 2 aromatic rings. The van der Waals surface area contributed by atoms with Gasteiger partial charge in [0.2, 0.25) is 0 Å². The number of rotatable bonds is 5. The molecule has 0 radical (unpaired) electrons. The molecule has 0 bridgehead atoms. The Bertz CT molecular complexity index is 551. The van der Waals surface area contributed by atoms with E-state index in [4.69, 9.17) is 28.9 Å². The van der Waals surface area contributed by atoms with Gasteiger partial charge >= 0.3 is 0 Å². The van der Waals surface area contributed by atoms with Crippen molar-refractivity contribution in [3.05, 3.63) is 40.3 Å². The number of hydrogen-bond acceptors (Lipinski definition) is 2. The molecule has 0 amide bonds. The zero-order valence-corrected chi connectivity index (χ0v) is 12.3. The molecule has 3 N–H and O–H groups in total. The molecule has 0 aliphatic rings. The van der Waals surface area contributed by atoms with E-state index in [1.54, 1.807) is 18.3 Å². The zero-order valence-electron chi connectivity index (χ0n) is 10.8. The Morgan fingerprint density at radius 2 is 2.16 bits per heavy atom. The first kappa shape index (κ1) is 14.4. The topological polar surface area (TPSA) is 54.7 Å². The third-order valence-electron chi connectivity index (χ3n) is 3.04. The molecule has 2 rings (SSSR count). The van der Waals surface area contributed by atoms with Gasteiger partial charge in [-0.3, -0.25) is 0 Å². The Kier molecular flexibility index (Phi) is 4.86. The molecular formula is C14H17Cl2N3. The van der Waals surface area contributed by atoms with E-state index >= 15 is 0 Å². The highest BCUT2D eigenvalue weighted by molar-refractivity contribution is 6.36. The fourth-order valence-corrected chi connectivity index (χ4v) is 2.44. The number of benzene rings is 1. The molecule has 1 aromatic heterocycles. The second kappa shape index (κ2) is 6.42. The van der Waals surface area contributed by atoms with Gasteiger partial charge in [0, 0.05) is 10.6 Å². The number of unbranched alkanes of at least 4 members (excludes halogenated alkanes) is 1. The second-order valence-electron chi connectivity index (χ2n) is 4.56. The molecule has 0 saturated carbocycles. The van der Waals surface area contributed by atoms with E-state index in [-0.39, 0.29) is 6.04 Å². The van der Waals surface area contributed by atoms with Crippen molar-refractivity contribution in [2.75, 3.05) is 0 Å². The van der Waals surface area contributed by atoms with Crippen molar-refractivity contribution >= 4 is 23.2 Å². The second-order valence-corrected chi connectivity index (χ2v) is 5.40. The first-order valence-corrected chi connectivity index (χ1v) is 7.13. The monoisotopic (exact) mass is 297 g/mol. The van der Waals surface area contributed by atoms with Gasteiger partial charge in [-0.05, 0) is 24.6 Å². The highest BCUT2D eigenvalue weighted by atomic mass is 35.5. The average molecular weight is 298 g/mol. The predicted molar refractivity (Wildman–Crippen MR) is 80.5 cm³/mol. The van der Waals surface area contributed by atoms with E-state index in [1.165, 1.54) is 0 Å². The lowest BCUT2D eigenvalue weighted by Gasteiger charge is -2.07. The molecule has 0 aliphatic heterocycles. The lowest BCUT2D eigenvalue weighted by atomic mass is 10.1. The molecular weight excluding hydrogens is 281 g/mol. The summed E-state index contributed by atoms with van der Waals surface area (Å²) in [5.74, 6) is 0.800. The van der Waals surface area contributed by atoms with E-state index in [1.807, 2.05) is 6.07 Å². The van der Waals surface area contributed by atoms with Gasteiger partial charge in [0.15, 0.2) is 0 Å². The van der Waals surface area contributed by atoms with E-state index in [0.29, 0.717) is 10.0 Å². The summed E-state index contributed by atoms with van der Waals surface area (Å²) in [7, 11) is 0. The van der Waals surface area contributed by atoms with Crippen LogP contribution in [-0.4, -0.2) is 9.97 Å². The van der Waals surface area contributed by atoms with Crippen LogP contribution >= 0.6 is 23.2 Å². The molecule has 1 aromatic carbocycles. The number of nitrogens with zero attached hydrogens (tertiary/aromatic N) is 1. The third-order valence-corrected chi connectivity index (χ3v) is 3.58. The molecule has 0 aliphatic carbocycles. The summed E-state index contributed by atoms with van der Waals surface area (Å²) >= 11 is 12.1. The Hall–Kier alpha value is -1.03. The average Bonchev–Trinajstić information content (AvgIpc) is 2.85. The molecule has 5 heteroatoms. The van der Waals surface area contributed by atoms with Gasteiger partial charge in [0.05, 0.1) is 23.0 Å². The number of nitrogens with two attached hydrogens (primary N) is 1. The third kappa shape index (κ3) is 3.50. The minimum Gasteiger partial charge on any atom is -0.341 e. The van der Waals surface area contributed by atoms with E-state index in [2.05, 4.69) is 16.9 Å². The molecule has 1 atom stereocenters. The van der Waals surface area contributed by atoms with Gasteiger partial charge in [0.25, 0.3) is 0 Å². The first-order valence-electron chi connectivity index (χ1n) is 6.37. The molecule has 19 heavy (non-hydrogen) atoms. The summed E-state index contributed by atoms with van der Waals surface area (Å²) in [6.07, 6.45) is 4.91. The van der Waals surface area contributed by atoms with Crippen molar-refractivity contribution in [2.24, 2.45) is 5.73 Å². The summed E-state index contributed by atoms with van der Waals surface area (Å²) in [6.45, 7) is 2.15. The van der Waals surface area contributed by atoms with Crippen LogP contribution in [0.2, 0.25) is 10.0 Å². The van der Waals surface area contributed by atoms with Crippen LogP contribution in [0.4, 0.5) is 0 Å². The number of H-pyrrole nitrogens is 1. The maximum absolute atomic E-state index is 6.17. The molecule has 0 fully saturated rings. The van der Waals surface area contributed by atoms with Crippen molar-refractivity contribution in [1.82, 2.24) is 9.97 Å². The number of imidazole rings is 1. The first-order chi connectivity index (χ1) is 9.11. The SMILES string of the molecule is CCCCC(N)c1ncc(-c2ccc(Cl)cc2Cl)[nH]1. The van der Waals surface area contributed by atoms with Crippen LogP contribution in [-0.2, 0) is 0 Å². The van der Waals surface area contributed by atoms with Crippen LogP contribution in [0.1, 0.15) is 38.1 Å². The minimum atomic E-state index is -0.0558. The Morgan fingerprint density at radius 1 is 1.37 bits per heavy atom. The van der Waals surface area contributed by atoms with Gasteiger partial charge in [-0.2, -0.15) is 0 Å². The molecule has 0 saturated heterocycles. The van der Waals surface area contributed by atoms with Crippen molar-refractivity contribution in [3.63, 3.8) is 0 Å². The smallest absolute Gasteiger partial charge is 0.123 e. The van der Waals surface area contributed by atoms with E-state index in [0.717, 1.165) is 36.3 Å². The number of hydrogen-bond donors (Lipinski definition) is 2. The predicted octanol–water partition coefficient (Wildman–Crippen LogP) is 4.57. The van der Waals surface area contributed by atoms with E-state index < -0.39 is 0 Å². The highest BCUT2D eigenvalue weighted by Gasteiger charge is 2.12. The summed E-state index contributed by atoms with van der Waals surface area (Å²) in [5.41, 5.74) is 7.83. The van der Waals surface area contributed by atoms with Gasteiger partial charge in [-0.1, -0.05) is 43.0 Å². The lowest BCUT2D eigenvalue weighted by molar-refractivity contribution is 0.580. The summed E-state index contributed by atoms with van der Waals surface area (Å²) in [6, 6.07) is 5.34. The molecule has 3 nitrogen and oxygen atoms in total. The standard InChI is InChI=1S/C14H17Cl2N3/c1-2-3-4-12(17)14-18-8-13(19-14)10-6-5-9(15)7-11(10)16/h5-8,12H,2-4,17H2,1H3,(H,18,19). The molecule has 1 unspecified atom stereocenters. The van der Waals surface area contributed by atoms with Gasteiger partial charge in [-0.15, -0.1) is 0 Å². The van der Waals surface area contributed by atoms with Crippen molar-refractivity contribution < 1.29 is 0 Å². The number of aromatic nitrogens is 2. The molecule has 0 spiro atoms. The zero-order chi connectivity index (χ0) is 13.8.